The second kappa shape index (κ2) is 3.32. The Morgan fingerprint density at radius 2 is 1.94 bits per heavy atom. The number of benzene rings is 1. The predicted molar refractivity (Wildman–Crippen MR) is 63.1 cm³/mol. The van der Waals surface area contributed by atoms with Gasteiger partial charge in [0.15, 0.2) is 0 Å². The number of amides is 1. The van der Waals surface area contributed by atoms with Gasteiger partial charge < -0.3 is 10.6 Å². The fourth-order valence-corrected chi connectivity index (χ4v) is 2.50. The lowest BCUT2D eigenvalue weighted by Crippen LogP contribution is -2.34. The van der Waals surface area contributed by atoms with Crippen molar-refractivity contribution in [1.29, 1.82) is 0 Å². The molecule has 84 valence electrons. The lowest BCUT2D eigenvalue weighted by molar-refractivity contribution is -0.117. The molecular weight excluding hydrogens is 200 g/mol. The second-order valence-electron chi connectivity index (χ2n) is 4.97. The minimum atomic E-state index is -0.0425. The zero-order chi connectivity index (χ0) is 11.2. The molecule has 1 unspecified atom stereocenters. The van der Waals surface area contributed by atoms with Gasteiger partial charge in [-0.1, -0.05) is 18.2 Å². The molecule has 3 nitrogen and oxygen atoms in total. The Balaban J connectivity index is 1.81. The predicted octanol–water partition coefficient (Wildman–Crippen LogP) is 1.53. The smallest absolute Gasteiger partial charge is 0.227 e. The summed E-state index contributed by atoms with van der Waals surface area (Å²) >= 11 is 0. The first-order valence-corrected chi connectivity index (χ1v) is 5.83. The summed E-state index contributed by atoms with van der Waals surface area (Å²) < 4.78 is 0. The zero-order valence-electron chi connectivity index (χ0n) is 9.23. The second-order valence-corrected chi connectivity index (χ2v) is 4.97. The number of carbonyl (C=O) groups is 1. The van der Waals surface area contributed by atoms with E-state index in [9.17, 15) is 4.79 Å². The molecule has 0 aromatic heterocycles. The van der Waals surface area contributed by atoms with Crippen LogP contribution in [-0.4, -0.2) is 18.0 Å². The first-order valence-electron chi connectivity index (χ1n) is 5.83. The van der Waals surface area contributed by atoms with Crippen LogP contribution in [0.1, 0.15) is 19.3 Å². The molecule has 1 heterocycles. The van der Waals surface area contributed by atoms with E-state index in [1.165, 1.54) is 0 Å². The van der Waals surface area contributed by atoms with Crippen molar-refractivity contribution < 1.29 is 4.79 Å². The van der Waals surface area contributed by atoms with Crippen molar-refractivity contribution in [1.82, 2.24) is 0 Å². The van der Waals surface area contributed by atoms with Crippen molar-refractivity contribution in [3.8, 4) is 0 Å². The summed E-state index contributed by atoms with van der Waals surface area (Å²) in [4.78, 5) is 13.8. The van der Waals surface area contributed by atoms with Crippen LogP contribution in [0, 0.1) is 5.92 Å². The summed E-state index contributed by atoms with van der Waals surface area (Å²) in [5, 5.41) is 0. The molecule has 1 aromatic rings. The van der Waals surface area contributed by atoms with Gasteiger partial charge in [0.2, 0.25) is 5.91 Å². The Morgan fingerprint density at radius 1 is 1.25 bits per heavy atom. The quantitative estimate of drug-likeness (QED) is 0.815. The van der Waals surface area contributed by atoms with Gasteiger partial charge in [0.25, 0.3) is 0 Å². The highest BCUT2D eigenvalue weighted by molar-refractivity contribution is 5.95. The van der Waals surface area contributed by atoms with Crippen molar-refractivity contribution in [2.24, 2.45) is 11.7 Å². The lowest BCUT2D eigenvalue weighted by Gasteiger charge is -2.19. The van der Waals surface area contributed by atoms with Gasteiger partial charge in [-0.15, -0.1) is 0 Å². The van der Waals surface area contributed by atoms with Gasteiger partial charge in [-0.25, -0.2) is 0 Å². The van der Waals surface area contributed by atoms with Crippen LogP contribution in [0.5, 0.6) is 0 Å². The third-order valence-corrected chi connectivity index (χ3v) is 3.83. The van der Waals surface area contributed by atoms with E-state index in [0.29, 0.717) is 12.3 Å². The van der Waals surface area contributed by atoms with Crippen molar-refractivity contribution >= 4 is 11.6 Å². The fourth-order valence-electron chi connectivity index (χ4n) is 2.50. The van der Waals surface area contributed by atoms with Gasteiger partial charge in [-0.05, 0) is 25.0 Å². The summed E-state index contributed by atoms with van der Waals surface area (Å²) in [5.74, 6) is 0.563. The van der Waals surface area contributed by atoms with E-state index in [4.69, 9.17) is 5.73 Å². The van der Waals surface area contributed by atoms with Gasteiger partial charge in [-0.2, -0.15) is 0 Å². The molecule has 1 atom stereocenters. The number of anilines is 1. The molecule has 3 rings (SSSR count). The Labute approximate surface area is 95.2 Å². The van der Waals surface area contributed by atoms with Crippen molar-refractivity contribution in [2.45, 2.75) is 24.8 Å². The Bertz CT molecular complexity index is 411. The Kier molecular flexibility index (Phi) is 2.04. The molecule has 0 bridgehead atoms. The molecule has 0 radical (unpaired) electrons. The van der Waals surface area contributed by atoms with Crippen molar-refractivity contribution in [2.75, 3.05) is 11.4 Å². The molecule has 0 spiro atoms. The van der Waals surface area contributed by atoms with Gasteiger partial charge in [0.1, 0.15) is 0 Å². The highest BCUT2D eigenvalue weighted by Crippen LogP contribution is 2.44. The van der Waals surface area contributed by atoms with Crippen LogP contribution in [0.3, 0.4) is 0 Å². The third kappa shape index (κ3) is 1.52. The molecule has 1 aliphatic heterocycles. The van der Waals surface area contributed by atoms with E-state index in [1.54, 1.807) is 0 Å². The van der Waals surface area contributed by atoms with Crippen LogP contribution in [0.2, 0.25) is 0 Å². The summed E-state index contributed by atoms with van der Waals surface area (Å²) in [6.07, 6.45) is 2.77. The summed E-state index contributed by atoms with van der Waals surface area (Å²) in [6, 6.07) is 9.86. The summed E-state index contributed by atoms with van der Waals surface area (Å²) in [7, 11) is 0. The van der Waals surface area contributed by atoms with Crippen LogP contribution in [0.4, 0.5) is 5.69 Å². The zero-order valence-corrected chi connectivity index (χ0v) is 9.23. The molecule has 16 heavy (non-hydrogen) atoms. The molecule has 1 saturated carbocycles. The van der Waals surface area contributed by atoms with Crippen LogP contribution in [0.15, 0.2) is 30.3 Å². The minimum Gasteiger partial charge on any atom is -0.325 e. The Morgan fingerprint density at radius 3 is 2.56 bits per heavy atom. The standard InChI is InChI=1S/C13H16N2O/c14-13(6-7-13)10-8-12(16)15(9-10)11-4-2-1-3-5-11/h1-5,10H,6-9,14H2. The molecule has 3 heteroatoms. The van der Waals surface area contributed by atoms with Gasteiger partial charge in [0.05, 0.1) is 0 Å². The van der Waals surface area contributed by atoms with Crippen molar-refractivity contribution in [3.63, 3.8) is 0 Å². The molecular formula is C13H16N2O. The van der Waals surface area contributed by atoms with Gasteiger partial charge in [-0.3, -0.25) is 4.79 Å². The maximum atomic E-state index is 11.9. The summed E-state index contributed by atoms with van der Waals surface area (Å²) in [5.41, 5.74) is 7.13. The van der Waals surface area contributed by atoms with E-state index in [-0.39, 0.29) is 11.4 Å². The largest absolute Gasteiger partial charge is 0.325 e. The first-order chi connectivity index (χ1) is 7.69. The molecule has 2 fully saturated rings. The van der Waals surface area contributed by atoms with Gasteiger partial charge >= 0.3 is 0 Å². The van der Waals surface area contributed by atoms with Gasteiger partial charge in [0, 0.05) is 30.1 Å². The SMILES string of the molecule is NC1(C2CC(=O)N(c3ccccc3)C2)CC1. The van der Waals surface area contributed by atoms with E-state index < -0.39 is 0 Å². The number of carbonyl (C=O) groups excluding carboxylic acids is 1. The highest BCUT2D eigenvalue weighted by atomic mass is 16.2. The fraction of sp³-hybridized carbons (Fsp3) is 0.462. The van der Waals surface area contributed by atoms with Crippen LogP contribution < -0.4 is 10.6 Å². The van der Waals surface area contributed by atoms with Crippen molar-refractivity contribution in [3.05, 3.63) is 30.3 Å². The number of para-hydroxylation sites is 1. The number of nitrogens with two attached hydrogens (primary N) is 1. The average Bonchev–Trinajstić information content (AvgIpc) is 2.92. The molecule has 1 saturated heterocycles. The number of rotatable bonds is 2. The van der Waals surface area contributed by atoms with E-state index >= 15 is 0 Å². The maximum Gasteiger partial charge on any atom is 0.227 e. The third-order valence-electron chi connectivity index (χ3n) is 3.83. The normalized spacial score (nSPS) is 27.2. The lowest BCUT2D eigenvalue weighted by atomic mass is 9.97. The van der Waals surface area contributed by atoms with Crippen LogP contribution in [0.25, 0.3) is 0 Å². The first kappa shape index (κ1) is 9.85. The van der Waals surface area contributed by atoms with E-state index in [0.717, 1.165) is 25.1 Å². The van der Waals surface area contributed by atoms with E-state index in [1.807, 2.05) is 35.2 Å². The maximum absolute atomic E-state index is 11.9. The van der Waals surface area contributed by atoms with Crippen LogP contribution in [-0.2, 0) is 4.79 Å². The molecule has 1 aromatic carbocycles. The number of hydrogen-bond acceptors (Lipinski definition) is 2. The van der Waals surface area contributed by atoms with Crippen LogP contribution >= 0.6 is 0 Å². The number of hydrogen-bond donors (Lipinski definition) is 1. The average molecular weight is 216 g/mol. The van der Waals surface area contributed by atoms with E-state index in [2.05, 4.69) is 0 Å². The molecule has 2 N–H and O–H groups in total. The molecule has 1 amide bonds. The molecule has 1 aliphatic carbocycles. The topological polar surface area (TPSA) is 46.3 Å². The minimum absolute atomic E-state index is 0.0425. The highest BCUT2D eigenvalue weighted by Gasteiger charge is 2.50. The summed E-state index contributed by atoms with van der Waals surface area (Å²) in [6.45, 7) is 0.791. The molecule has 2 aliphatic rings. The monoisotopic (exact) mass is 216 g/mol. The Hall–Kier alpha value is -1.35. The number of nitrogens with zero attached hydrogens (tertiary/aromatic N) is 1.